The van der Waals surface area contributed by atoms with Crippen LogP contribution in [0, 0.1) is 13.8 Å². The first-order valence-corrected chi connectivity index (χ1v) is 14.2. The molecule has 0 radical (unpaired) electrons. The highest BCUT2D eigenvalue weighted by molar-refractivity contribution is 7.90. The number of amides is 2. The Balaban J connectivity index is 2.57. The molecule has 0 fully saturated rings. The smallest absolute Gasteiger partial charge is 0.304 e. The first-order chi connectivity index (χ1) is 17.3. The van der Waals surface area contributed by atoms with Crippen LogP contribution >= 0.6 is 11.6 Å². The average Bonchev–Trinajstić information content (AvgIpc) is 2.84. The number of carbonyl (C=O) groups excluding carboxylic acids is 2. The zero-order chi connectivity index (χ0) is 27.9. The monoisotopic (exact) mass is 550 g/mol. The molecular weight excluding hydrogens is 512 g/mol. The molecule has 1 N–H and O–H groups in total. The summed E-state index contributed by atoms with van der Waals surface area (Å²) in [6, 6.07) is 11.7. The summed E-state index contributed by atoms with van der Waals surface area (Å²) in [7, 11) is -1.18. The maximum atomic E-state index is 13.9. The lowest BCUT2D eigenvalue weighted by Gasteiger charge is -2.35. The van der Waals surface area contributed by atoms with Gasteiger partial charge in [-0.1, -0.05) is 55.8 Å². The fourth-order valence-corrected chi connectivity index (χ4v) is 5.17. The molecule has 8 nitrogen and oxygen atoms in total. The molecule has 0 heterocycles. The summed E-state index contributed by atoms with van der Waals surface area (Å²) in [5.41, 5.74) is 2.65. The summed E-state index contributed by atoms with van der Waals surface area (Å²) in [5.74, 6) is -0.789. The minimum atomic E-state index is -4.02. The normalized spacial score (nSPS) is 13.2. The molecule has 2 aromatic rings. The van der Waals surface area contributed by atoms with E-state index in [9.17, 15) is 18.0 Å². The van der Waals surface area contributed by atoms with Gasteiger partial charge in [0.05, 0.1) is 5.69 Å². The van der Waals surface area contributed by atoms with Crippen LogP contribution in [-0.4, -0.2) is 62.2 Å². The van der Waals surface area contributed by atoms with Gasteiger partial charge in [-0.15, -0.1) is 0 Å². The summed E-state index contributed by atoms with van der Waals surface area (Å²) in [6.07, 6.45) is 1.09. The van der Waals surface area contributed by atoms with E-state index < -0.39 is 28.7 Å². The predicted molar refractivity (Wildman–Crippen MR) is 150 cm³/mol. The van der Waals surface area contributed by atoms with E-state index in [0.29, 0.717) is 28.3 Å². The number of nitrogens with zero attached hydrogens (tertiary/aromatic N) is 3. The Kier molecular flexibility index (Phi) is 11.0. The maximum Gasteiger partial charge on any atom is 0.304 e. The second kappa shape index (κ2) is 13.3. The van der Waals surface area contributed by atoms with Crippen molar-refractivity contribution in [1.82, 2.24) is 14.5 Å². The molecule has 0 aliphatic rings. The molecule has 0 aliphatic heterocycles. The molecule has 2 aromatic carbocycles. The molecule has 37 heavy (non-hydrogen) atoms. The average molecular weight is 551 g/mol. The van der Waals surface area contributed by atoms with Crippen molar-refractivity contribution in [1.29, 1.82) is 0 Å². The van der Waals surface area contributed by atoms with Crippen LogP contribution in [0.4, 0.5) is 5.69 Å². The van der Waals surface area contributed by atoms with Gasteiger partial charge < -0.3 is 10.2 Å². The predicted octanol–water partition coefficient (Wildman–Crippen LogP) is 4.29. The van der Waals surface area contributed by atoms with Crippen LogP contribution in [0.25, 0.3) is 0 Å². The Morgan fingerprint density at radius 3 is 2.24 bits per heavy atom. The summed E-state index contributed by atoms with van der Waals surface area (Å²) in [4.78, 5) is 28.6. The molecule has 204 valence electrons. The summed E-state index contributed by atoms with van der Waals surface area (Å²) >= 11 is 6.41. The quantitative estimate of drug-likeness (QED) is 0.427. The molecule has 0 bridgehead atoms. The van der Waals surface area contributed by atoms with Crippen LogP contribution in [0.3, 0.4) is 0 Å². The van der Waals surface area contributed by atoms with E-state index in [2.05, 4.69) is 5.32 Å². The number of nitrogens with one attached hydrogen (secondary N) is 1. The van der Waals surface area contributed by atoms with Crippen molar-refractivity contribution >= 4 is 39.3 Å². The molecule has 0 spiro atoms. The van der Waals surface area contributed by atoms with Gasteiger partial charge in [-0.2, -0.15) is 12.7 Å². The first-order valence-electron chi connectivity index (χ1n) is 12.4. The van der Waals surface area contributed by atoms with E-state index >= 15 is 0 Å². The van der Waals surface area contributed by atoms with Crippen LogP contribution in [0.2, 0.25) is 5.02 Å². The second-order valence-electron chi connectivity index (χ2n) is 9.44. The SMILES string of the molecule is CC[C@@H](C)NC(=O)[C@H](CC)N(Cc1ccccc1Cl)C(=O)CN(c1cc(C)ccc1C)S(=O)(=O)N(C)C. The van der Waals surface area contributed by atoms with Crippen LogP contribution in [-0.2, 0) is 26.3 Å². The largest absolute Gasteiger partial charge is 0.352 e. The minimum Gasteiger partial charge on any atom is -0.352 e. The lowest BCUT2D eigenvalue weighted by molar-refractivity contribution is -0.140. The van der Waals surface area contributed by atoms with E-state index in [0.717, 1.165) is 20.6 Å². The first kappa shape index (κ1) is 30.6. The van der Waals surface area contributed by atoms with Gasteiger partial charge in [0.15, 0.2) is 0 Å². The fourth-order valence-electron chi connectivity index (χ4n) is 3.86. The van der Waals surface area contributed by atoms with Crippen LogP contribution in [0.5, 0.6) is 0 Å². The molecular formula is C27H39ClN4O4S. The van der Waals surface area contributed by atoms with Crippen molar-refractivity contribution in [3.63, 3.8) is 0 Å². The molecule has 0 saturated heterocycles. The molecule has 0 aromatic heterocycles. The van der Waals surface area contributed by atoms with Crippen molar-refractivity contribution < 1.29 is 18.0 Å². The fraction of sp³-hybridized carbons (Fsp3) is 0.481. The standard InChI is InChI=1S/C27H39ClN4O4S/c1-8-21(5)29-27(34)24(9-2)31(17-22-12-10-11-13-23(22)28)26(33)18-32(37(35,36)30(6)7)25-16-19(3)14-15-20(25)4/h10-16,21,24H,8-9,17-18H2,1-7H3,(H,29,34)/t21-,24+/m1/s1. The van der Waals surface area contributed by atoms with Crippen molar-refractivity contribution in [2.24, 2.45) is 0 Å². The summed E-state index contributed by atoms with van der Waals surface area (Å²) in [6.45, 7) is 8.95. The van der Waals surface area contributed by atoms with Gasteiger partial charge in [-0.05, 0) is 62.4 Å². The van der Waals surface area contributed by atoms with E-state index in [4.69, 9.17) is 11.6 Å². The van der Waals surface area contributed by atoms with Gasteiger partial charge in [-0.25, -0.2) is 4.31 Å². The van der Waals surface area contributed by atoms with Crippen LogP contribution < -0.4 is 9.62 Å². The number of hydrogen-bond donors (Lipinski definition) is 1. The Morgan fingerprint density at radius 2 is 1.68 bits per heavy atom. The zero-order valence-corrected chi connectivity index (χ0v) is 24.4. The highest BCUT2D eigenvalue weighted by atomic mass is 35.5. The zero-order valence-electron chi connectivity index (χ0n) is 22.8. The van der Waals surface area contributed by atoms with E-state index in [1.165, 1.54) is 19.0 Å². The third-order valence-electron chi connectivity index (χ3n) is 6.34. The van der Waals surface area contributed by atoms with E-state index in [1.807, 2.05) is 45.9 Å². The van der Waals surface area contributed by atoms with Crippen LogP contribution in [0.15, 0.2) is 42.5 Å². The lowest BCUT2D eigenvalue weighted by Crippen LogP contribution is -2.54. The van der Waals surface area contributed by atoms with Crippen LogP contribution in [0.1, 0.15) is 50.3 Å². The van der Waals surface area contributed by atoms with Gasteiger partial charge in [0.25, 0.3) is 0 Å². The summed E-state index contributed by atoms with van der Waals surface area (Å²) < 4.78 is 29.0. The maximum absolute atomic E-state index is 13.9. The van der Waals surface area contributed by atoms with Gasteiger partial charge in [0.2, 0.25) is 11.8 Å². The topological polar surface area (TPSA) is 90.0 Å². The highest BCUT2D eigenvalue weighted by Gasteiger charge is 2.34. The molecule has 10 heteroatoms. The molecule has 2 atom stereocenters. The summed E-state index contributed by atoms with van der Waals surface area (Å²) in [5, 5.41) is 3.42. The number of rotatable bonds is 12. The Morgan fingerprint density at radius 1 is 1.03 bits per heavy atom. The Bertz CT molecular complexity index is 1200. The van der Waals surface area contributed by atoms with Gasteiger partial charge >= 0.3 is 10.2 Å². The molecule has 2 rings (SSSR count). The molecule has 0 aliphatic carbocycles. The van der Waals surface area contributed by atoms with Crippen molar-refractivity contribution in [3.05, 3.63) is 64.2 Å². The number of anilines is 1. The Hall–Kier alpha value is -2.62. The molecule has 2 amide bonds. The van der Waals surface area contributed by atoms with Gasteiger partial charge in [-0.3, -0.25) is 9.59 Å². The number of benzene rings is 2. The van der Waals surface area contributed by atoms with Gasteiger partial charge in [0, 0.05) is 31.7 Å². The van der Waals surface area contributed by atoms with E-state index in [-0.39, 0.29) is 18.5 Å². The molecule has 0 unspecified atom stereocenters. The Labute approximate surface area is 226 Å². The highest BCUT2D eigenvalue weighted by Crippen LogP contribution is 2.27. The molecule has 0 saturated carbocycles. The third-order valence-corrected chi connectivity index (χ3v) is 8.51. The van der Waals surface area contributed by atoms with E-state index in [1.54, 1.807) is 31.2 Å². The minimum absolute atomic E-state index is 0.0631. The van der Waals surface area contributed by atoms with Crippen molar-refractivity contribution in [2.45, 2.75) is 66.1 Å². The number of halogens is 1. The van der Waals surface area contributed by atoms with Crippen molar-refractivity contribution in [3.8, 4) is 0 Å². The number of hydrogen-bond acceptors (Lipinski definition) is 4. The van der Waals surface area contributed by atoms with Crippen molar-refractivity contribution in [2.75, 3.05) is 24.9 Å². The third kappa shape index (κ3) is 7.69. The lowest BCUT2D eigenvalue weighted by atomic mass is 10.1. The van der Waals surface area contributed by atoms with Gasteiger partial charge in [0.1, 0.15) is 12.6 Å². The second-order valence-corrected chi connectivity index (χ2v) is 11.9. The number of aryl methyl sites for hydroxylation is 2. The number of carbonyl (C=O) groups is 2.